The molecule has 0 aromatic heterocycles. The van der Waals surface area contributed by atoms with Crippen LogP contribution in [0.15, 0.2) is 78.3 Å². The molecule has 3 N–H and O–H groups in total. The van der Waals surface area contributed by atoms with Crippen LogP contribution in [0.25, 0.3) is 0 Å². The second-order valence-corrected chi connectivity index (χ2v) is 11.1. The number of amides is 2. The molecule has 2 amide bonds. The molecule has 0 bridgehead atoms. The number of nitriles is 1. The molecule has 1 aliphatic rings. The van der Waals surface area contributed by atoms with Gasteiger partial charge in [0.05, 0.1) is 33.5 Å². The number of benzene rings is 3. The number of carbonyl (C=O) groups is 2. The van der Waals surface area contributed by atoms with Crippen LogP contribution in [0.1, 0.15) is 38.3 Å². The van der Waals surface area contributed by atoms with Crippen molar-refractivity contribution >= 4 is 62.1 Å². The number of aryl methyl sites for hydroxylation is 1. The molecule has 12 heteroatoms. The lowest BCUT2D eigenvalue weighted by molar-refractivity contribution is 0.0977. The third-order valence-electron chi connectivity index (χ3n) is 5.90. The van der Waals surface area contributed by atoms with E-state index >= 15 is 0 Å². The molecule has 9 nitrogen and oxygen atoms in total. The molecule has 1 aliphatic heterocycles. The fraction of sp³-hybridized carbons (Fsp3) is 0.111. The van der Waals surface area contributed by atoms with Crippen LogP contribution in [-0.4, -0.2) is 31.9 Å². The van der Waals surface area contributed by atoms with Crippen molar-refractivity contribution in [3.8, 4) is 6.07 Å². The fourth-order valence-electron chi connectivity index (χ4n) is 4.11. The number of sulfonamides is 1. The van der Waals surface area contributed by atoms with E-state index in [0.717, 1.165) is 5.56 Å². The van der Waals surface area contributed by atoms with Crippen LogP contribution in [0.3, 0.4) is 0 Å². The van der Waals surface area contributed by atoms with E-state index in [4.69, 9.17) is 23.8 Å². The maximum atomic E-state index is 13.6. The summed E-state index contributed by atoms with van der Waals surface area (Å²) in [5.41, 5.74) is 1.73. The molecule has 0 unspecified atom stereocenters. The Morgan fingerprint density at radius 1 is 1.10 bits per heavy atom. The smallest absolute Gasteiger partial charge is 0.264 e. The second-order valence-electron chi connectivity index (χ2n) is 8.44. The van der Waals surface area contributed by atoms with Crippen LogP contribution >= 0.6 is 23.8 Å². The Morgan fingerprint density at radius 2 is 1.90 bits per heavy atom. The Balaban J connectivity index is 1.62. The van der Waals surface area contributed by atoms with E-state index in [-0.39, 0.29) is 32.4 Å². The summed E-state index contributed by atoms with van der Waals surface area (Å²) in [5, 5.41) is 17.4. The molecule has 0 aliphatic carbocycles. The van der Waals surface area contributed by atoms with Crippen molar-refractivity contribution in [3.05, 3.63) is 101 Å². The van der Waals surface area contributed by atoms with Crippen molar-refractivity contribution in [2.24, 2.45) is 0 Å². The molecular formula is C27H22ClN5O4S2. The van der Waals surface area contributed by atoms with E-state index < -0.39 is 21.8 Å². The Kier molecular flexibility index (Phi) is 8.30. The minimum atomic E-state index is -3.99. The molecule has 0 atom stereocenters. The van der Waals surface area contributed by atoms with Gasteiger partial charge in [0.1, 0.15) is 0 Å². The summed E-state index contributed by atoms with van der Waals surface area (Å²) in [6.45, 7) is 3.76. The predicted octanol–water partition coefficient (Wildman–Crippen LogP) is 4.35. The second kappa shape index (κ2) is 11.7. The number of fused-ring (bicyclic) bond motifs is 1. The van der Waals surface area contributed by atoms with Crippen LogP contribution in [0, 0.1) is 11.3 Å². The number of hydrogen-bond acceptors (Lipinski definition) is 6. The monoisotopic (exact) mass is 579 g/mol. The van der Waals surface area contributed by atoms with E-state index in [9.17, 15) is 23.3 Å². The minimum Gasteiger partial charge on any atom is -0.340 e. The Bertz CT molecular complexity index is 1650. The first kappa shape index (κ1) is 27.8. The number of thiocarbonyl (C=S) groups is 1. The van der Waals surface area contributed by atoms with E-state index in [1.54, 1.807) is 18.2 Å². The van der Waals surface area contributed by atoms with Gasteiger partial charge in [-0.1, -0.05) is 24.2 Å². The van der Waals surface area contributed by atoms with Gasteiger partial charge in [0.2, 0.25) is 0 Å². The van der Waals surface area contributed by atoms with Crippen LogP contribution in [-0.2, 0) is 16.4 Å². The first-order valence-corrected chi connectivity index (χ1v) is 13.9. The van der Waals surface area contributed by atoms with E-state index in [2.05, 4.69) is 22.5 Å². The number of hydrogen-bond donors (Lipinski definition) is 3. The minimum absolute atomic E-state index is 0.0111. The molecule has 198 valence electrons. The summed E-state index contributed by atoms with van der Waals surface area (Å²) in [7, 11) is -3.99. The van der Waals surface area contributed by atoms with Crippen LogP contribution < -0.4 is 20.3 Å². The molecule has 4 rings (SSSR count). The van der Waals surface area contributed by atoms with Gasteiger partial charge in [-0.3, -0.25) is 19.2 Å². The summed E-state index contributed by atoms with van der Waals surface area (Å²) in [6.07, 6.45) is 2.62. The fourth-order valence-corrected chi connectivity index (χ4v) is 6.07. The molecule has 0 saturated carbocycles. The summed E-state index contributed by atoms with van der Waals surface area (Å²) >= 11 is 11.1. The normalized spacial score (nSPS) is 12.5. The summed E-state index contributed by atoms with van der Waals surface area (Å²) in [4.78, 5) is 25.9. The average Bonchev–Trinajstić information content (AvgIpc) is 2.92. The first-order valence-electron chi connectivity index (χ1n) is 11.6. The molecule has 0 fully saturated rings. The molecule has 39 heavy (non-hydrogen) atoms. The van der Waals surface area contributed by atoms with Gasteiger partial charge in [-0.05, 0) is 91.4 Å². The molecule has 0 radical (unpaired) electrons. The molecule has 3 aromatic carbocycles. The zero-order valence-corrected chi connectivity index (χ0v) is 22.8. The Hall–Kier alpha value is -4.24. The largest absolute Gasteiger partial charge is 0.340 e. The first-order chi connectivity index (χ1) is 18.6. The highest BCUT2D eigenvalue weighted by Gasteiger charge is 2.30. The van der Waals surface area contributed by atoms with Crippen molar-refractivity contribution in [1.29, 1.82) is 5.26 Å². The molecule has 3 aromatic rings. The highest BCUT2D eigenvalue weighted by atomic mass is 35.5. The lowest BCUT2D eigenvalue weighted by atomic mass is 10.0. The van der Waals surface area contributed by atoms with Gasteiger partial charge in [-0.15, -0.1) is 0 Å². The van der Waals surface area contributed by atoms with Crippen LogP contribution in [0.4, 0.5) is 11.4 Å². The van der Waals surface area contributed by atoms with Crippen molar-refractivity contribution in [1.82, 2.24) is 10.6 Å². The van der Waals surface area contributed by atoms with Gasteiger partial charge in [0.25, 0.3) is 21.8 Å². The van der Waals surface area contributed by atoms with Gasteiger partial charge in [0.15, 0.2) is 5.11 Å². The SMILES string of the molecule is C=CNC(=S)NC(=O)c1cc(C#N)ccc1NC(=O)c1cccc(S(=O)(=O)N2CCCc3cc(Cl)ccc32)c1. The summed E-state index contributed by atoms with van der Waals surface area (Å²) < 4.78 is 28.5. The lowest BCUT2D eigenvalue weighted by Crippen LogP contribution is -2.37. The van der Waals surface area contributed by atoms with Crippen molar-refractivity contribution in [2.75, 3.05) is 16.2 Å². The van der Waals surface area contributed by atoms with Gasteiger partial charge in [-0.25, -0.2) is 8.42 Å². The summed E-state index contributed by atoms with van der Waals surface area (Å²) in [5.74, 6) is -1.31. The van der Waals surface area contributed by atoms with Crippen LogP contribution in [0.5, 0.6) is 0 Å². The lowest BCUT2D eigenvalue weighted by Gasteiger charge is -2.30. The third kappa shape index (κ3) is 6.09. The number of halogens is 1. The quantitative estimate of drug-likeness (QED) is 0.370. The standard InChI is InChI=1S/C27H22ClN5O4S2/c1-2-30-27(38)32-26(35)22-13-17(16-29)8-10-23(22)31-25(34)19-5-3-7-21(15-19)39(36,37)33-12-4-6-18-14-20(28)9-11-24(18)33/h2-3,5,7-11,13-15H,1,4,6,12H2,(H,31,34)(H2,30,32,35,38). The number of carbonyl (C=O) groups excluding carboxylic acids is 2. The molecule has 0 spiro atoms. The third-order valence-corrected chi connectivity index (χ3v) is 8.17. The summed E-state index contributed by atoms with van der Waals surface area (Å²) in [6, 6.07) is 16.8. The van der Waals surface area contributed by atoms with Gasteiger partial charge in [-0.2, -0.15) is 5.26 Å². The van der Waals surface area contributed by atoms with Gasteiger partial charge < -0.3 is 10.6 Å². The average molecular weight is 580 g/mol. The predicted molar refractivity (Wildman–Crippen MR) is 153 cm³/mol. The van der Waals surface area contributed by atoms with Crippen LogP contribution in [0.2, 0.25) is 5.02 Å². The number of nitrogens with one attached hydrogen (secondary N) is 3. The number of nitrogens with zero attached hydrogens (tertiary/aromatic N) is 2. The molecule has 1 heterocycles. The van der Waals surface area contributed by atoms with Crippen molar-refractivity contribution in [3.63, 3.8) is 0 Å². The zero-order chi connectivity index (χ0) is 28.2. The zero-order valence-electron chi connectivity index (χ0n) is 20.4. The van der Waals surface area contributed by atoms with E-state index in [1.807, 2.05) is 6.07 Å². The highest BCUT2D eigenvalue weighted by molar-refractivity contribution is 7.92. The number of rotatable bonds is 6. The Morgan fingerprint density at radius 3 is 2.64 bits per heavy atom. The van der Waals surface area contributed by atoms with E-state index in [1.165, 1.54) is 53.0 Å². The topological polar surface area (TPSA) is 131 Å². The molecular weight excluding hydrogens is 558 g/mol. The van der Waals surface area contributed by atoms with Gasteiger partial charge in [0, 0.05) is 17.1 Å². The van der Waals surface area contributed by atoms with Crippen molar-refractivity contribution < 1.29 is 18.0 Å². The highest BCUT2D eigenvalue weighted by Crippen LogP contribution is 2.34. The van der Waals surface area contributed by atoms with E-state index in [0.29, 0.717) is 30.1 Å². The number of anilines is 2. The maximum absolute atomic E-state index is 13.6. The maximum Gasteiger partial charge on any atom is 0.264 e. The Labute approximate surface area is 236 Å². The molecule has 0 saturated heterocycles. The van der Waals surface area contributed by atoms with Crippen molar-refractivity contribution in [2.45, 2.75) is 17.7 Å². The van der Waals surface area contributed by atoms with Gasteiger partial charge >= 0.3 is 0 Å².